The van der Waals surface area contributed by atoms with E-state index in [0.717, 1.165) is 36.8 Å². The lowest BCUT2D eigenvalue weighted by Gasteiger charge is -2.37. The molecule has 4 rings (SSSR count). The van der Waals surface area contributed by atoms with Crippen molar-refractivity contribution in [3.05, 3.63) is 64.2 Å². The monoisotopic (exact) mass is 398 g/mol. The normalized spacial score (nSPS) is 22.5. The highest BCUT2D eigenvalue weighted by Crippen LogP contribution is 2.29. The van der Waals surface area contributed by atoms with Crippen LogP contribution in [0.2, 0.25) is 5.02 Å². The van der Waals surface area contributed by atoms with E-state index in [1.54, 1.807) is 0 Å². The molecule has 2 aromatic rings. The van der Waals surface area contributed by atoms with Crippen LogP contribution in [0.5, 0.6) is 0 Å². The minimum atomic E-state index is -0.214. The maximum atomic E-state index is 13.0. The van der Waals surface area contributed by atoms with Crippen LogP contribution in [-0.2, 0) is 4.79 Å². The van der Waals surface area contributed by atoms with E-state index in [2.05, 4.69) is 47.8 Å². The number of piperazine rings is 1. The van der Waals surface area contributed by atoms with Crippen LogP contribution in [-0.4, -0.2) is 43.0 Å². The maximum absolute atomic E-state index is 13.0. The molecule has 0 bridgehead atoms. The smallest absolute Gasteiger partial charge is 0.241 e. The van der Waals surface area contributed by atoms with E-state index >= 15 is 0 Å². The molecule has 5 nitrogen and oxygen atoms in total. The van der Waals surface area contributed by atoms with Crippen molar-refractivity contribution in [3.63, 3.8) is 0 Å². The first-order valence-electron chi connectivity index (χ1n) is 9.89. The number of carbonyl (C=O) groups is 1. The van der Waals surface area contributed by atoms with Crippen molar-refractivity contribution < 1.29 is 4.79 Å². The van der Waals surface area contributed by atoms with E-state index in [4.69, 9.17) is 11.6 Å². The summed E-state index contributed by atoms with van der Waals surface area (Å²) in [6, 6.07) is 14.2. The molecule has 0 aliphatic carbocycles. The number of rotatable bonds is 3. The fourth-order valence-corrected chi connectivity index (χ4v) is 4.50. The SMILES string of the molecule is Cc1ccc(N2CCN(C(=O)C3CC(c4ccccc4Cl)NN3)CC2)c(C)c1. The Kier molecular flexibility index (Phi) is 5.58. The van der Waals surface area contributed by atoms with Crippen LogP contribution in [0.25, 0.3) is 0 Å². The van der Waals surface area contributed by atoms with Crippen LogP contribution in [0, 0.1) is 13.8 Å². The van der Waals surface area contributed by atoms with Gasteiger partial charge in [0.2, 0.25) is 5.91 Å². The zero-order chi connectivity index (χ0) is 19.7. The average molecular weight is 399 g/mol. The number of aryl methyl sites for hydroxylation is 2. The minimum absolute atomic E-state index is 0.0548. The largest absolute Gasteiger partial charge is 0.368 e. The molecule has 2 unspecified atom stereocenters. The summed E-state index contributed by atoms with van der Waals surface area (Å²) in [4.78, 5) is 17.3. The van der Waals surface area contributed by atoms with Crippen molar-refractivity contribution >= 4 is 23.2 Å². The van der Waals surface area contributed by atoms with Gasteiger partial charge in [0.25, 0.3) is 0 Å². The second kappa shape index (κ2) is 8.11. The summed E-state index contributed by atoms with van der Waals surface area (Å²) in [6.07, 6.45) is 0.708. The Morgan fingerprint density at radius 1 is 1.04 bits per heavy atom. The van der Waals surface area contributed by atoms with E-state index in [0.29, 0.717) is 6.42 Å². The fourth-order valence-electron chi connectivity index (χ4n) is 4.23. The zero-order valence-corrected chi connectivity index (χ0v) is 17.2. The van der Waals surface area contributed by atoms with E-state index in [9.17, 15) is 4.79 Å². The molecule has 2 aromatic carbocycles. The summed E-state index contributed by atoms with van der Waals surface area (Å²) in [7, 11) is 0. The van der Waals surface area contributed by atoms with Gasteiger partial charge >= 0.3 is 0 Å². The number of benzene rings is 2. The third kappa shape index (κ3) is 3.88. The summed E-state index contributed by atoms with van der Waals surface area (Å²) in [5.74, 6) is 0.169. The lowest BCUT2D eigenvalue weighted by molar-refractivity contribution is -0.133. The molecule has 148 valence electrons. The summed E-state index contributed by atoms with van der Waals surface area (Å²) >= 11 is 6.31. The fraction of sp³-hybridized carbons (Fsp3) is 0.409. The summed E-state index contributed by atoms with van der Waals surface area (Å²) in [6.45, 7) is 7.50. The predicted octanol–water partition coefficient (Wildman–Crippen LogP) is 3.21. The molecular formula is C22H27ClN4O. The second-order valence-corrected chi connectivity index (χ2v) is 8.16. The third-order valence-electron chi connectivity index (χ3n) is 5.77. The number of nitrogens with zero attached hydrogens (tertiary/aromatic N) is 2. The number of halogens is 1. The Morgan fingerprint density at radius 3 is 2.50 bits per heavy atom. The van der Waals surface area contributed by atoms with Crippen molar-refractivity contribution in [1.29, 1.82) is 0 Å². The molecule has 2 saturated heterocycles. The molecule has 1 amide bonds. The number of nitrogens with one attached hydrogen (secondary N) is 2. The van der Waals surface area contributed by atoms with Gasteiger partial charge in [0.1, 0.15) is 6.04 Å². The highest BCUT2D eigenvalue weighted by Gasteiger charge is 2.34. The predicted molar refractivity (Wildman–Crippen MR) is 114 cm³/mol. The topological polar surface area (TPSA) is 47.6 Å². The Morgan fingerprint density at radius 2 is 1.79 bits per heavy atom. The third-order valence-corrected chi connectivity index (χ3v) is 6.11. The van der Waals surface area contributed by atoms with E-state index < -0.39 is 0 Å². The number of hydrogen-bond acceptors (Lipinski definition) is 4. The standard InChI is InChI=1S/C22H27ClN4O/c1-15-7-8-21(16(2)13-15)26-9-11-27(12-10-26)22(28)20-14-19(24-25-20)17-5-3-4-6-18(17)23/h3-8,13,19-20,24-25H,9-12,14H2,1-2H3. The van der Waals surface area contributed by atoms with Crippen molar-refractivity contribution in [3.8, 4) is 0 Å². The maximum Gasteiger partial charge on any atom is 0.241 e. The van der Waals surface area contributed by atoms with Gasteiger partial charge in [-0.25, -0.2) is 10.9 Å². The Labute approximate surface area is 171 Å². The molecule has 6 heteroatoms. The molecule has 0 radical (unpaired) electrons. The van der Waals surface area contributed by atoms with E-state index in [-0.39, 0.29) is 18.0 Å². The number of hydrazine groups is 1. The lowest BCUT2D eigenvalue weighted by atomic mass is 10.0. The molecule has 2 fully saturated rings. The molecule has 0 aromatic heterocycles. The molecule has 2 aliphatic heterocycles. The Balaban J connectivity index is 1.35. The molecule has 0 spiro atoms. The van der Waals surface area contributed by atoms with Crippen LogP contribution < -0.4 is 15.8 Å². The Bertz CT molecular complexity index is 863. The van der Waals surface area contributed by atoms with Crippen LogP contribution in [0.4, 0.5) is 5.69 Å². The van der Waals surface area contributed by atoms with Gasteiger partial charge in [-0.05, 0) is 43.5 Å². The summed E-state index contributed by atoms with van der Waals surface area (Å²) < 4.78 is 0. The minimum Gasteiger partial charge on any atom is -0.368 e. The molecule has 28 heavy (non-hydrogen) atoms. The highest BCUT2D eigenvalue weighted by molar-refractivity contribution is 6.31. The highest BCUT2D eigenvalue weighted by atomic mass is 35.5. The first kappa shape index (κ1) is 19.2. The van der Waals surface area contributed by atoms with Gasteiger partial charge < -0.3 is 9.80 Å². The quantitative estimate of drug-likeness (QED) is 0.833. The first-order chi connectivity index (χ1) is 13.5. The number of amides is 1. The van der Waals surface area contributed by atoms with Crippen molar-refractivity contribution in [2.75, 3.05) is 31.1 Å². The summed E-state index contributed by atoms with van der Waals surface area (Å²) in [5.41, 5.74) is 11.3. The number of anilines is 1. The molecule has 2 N–H and O–H groups in total. The average Bonchev–Trinajstić information content (AvgIpc) is 3.18. The lowest BCUT2D eigenvalue weighted by Crippen LogP contribution is -2.53. The van der Waals surface area contributed by atoms with Crippen LogP contribution in [0.3, 0.4) is 0 Å². The van der Waals surface area contributed by atoms with Crippen LogP contribution in [0.1, 0.15) is 29.2 Å². The van der Waals surface area contributed by atoms with Gasteiger partial charge in [-0.2, -0.15) is 0 Å². The van der Waals surface area contributed by atoms with Gasteiger partial charge in [0.05, 0.1) is 0 Å². The molecular weight excluding hydrogens is 372 g/mol. The van der Waals surface area contributed by atoms with Gasteiger partial charge in [-0.1, -0.05) is 47.5 Å². The zero-order valence-electron chi connectivity index (χ0n) is 16.4. The van der Waals surface area contributed by atoms with Crippen molar-refractivity contribution in [2.45, 2.75) is 32.4 Å². The van der Waals surface area contributed by atoms with Gasteiger partial charge in [0.15, 0.2) is 0 Å². The molecule has 2 heterocycles. The molecule has 2 aliphatic rings. The van der Waals surface area contributed by atoms with Gasteiger partial charge in [-0.15, -0.1) is 0 Å². The Hall–Kier alpha value is -2.08. The molecule has 0 saturated carbocycles. The van der Waals surface area contributed by atoms with E-state index in [1.807, 2.05) is 29.2 Å². The molecule has 2 atom stereocenters. The second-order valence-electron chi connectivity index (χ2n) is 7.75. The van der Waals surface area contributed by atoms with Crippen molar-refractivity contribution in [1.82, 2.24) is 15.8 Å². The van der Waals surface area contributed by atoms with Crippen molar-refractivity contribution in [2.24, 2.45) is 0 Å². The van der Waals surface area contributed by atoms with Crippen LogP contribution >= 0.6 is 11.6 Å². The van der Waals surface area contributed by atoms with Gasteiger partial charge in [0, 0.05) is 42.9 Å². The van der Waals surface area contributed by atoms with E-state index in [1.165, 1.54) is 16.8 Å². The number of hydrogen-bond donors (Lipinski definition) is 2. The summed E-state index contributed by atoms with van der Waals surface area (Å²) in [5, 5.41) is 0.733. The first-order valence-corrected chi connectivity index (χ1v) is 10.3. The van der Waals surface area contributed by atoms with Gasteiger partial charge in [-0.3, -0.25) is 4.79 Å². The number of carbonyl (C=O) groups excluding carboxylic acids is 1. The van der Waals surface area contributed by atoms with Crippen LogP contribution in [0.15, 0.2) is 42.5 Å².